The molecule has 0 unspecified atom stereocenters. The van der Waals surface area contributed by atoms with E-state index in [9.17, 15) is 18.0 Å². The molecule has 8 heteroatoms. The Morgan fingerprint density at radius 3 is 2.34 bits per heavy atom. The molecule has 3 rings (SSSR count). The van der Waals surface area contributed by atoms with Gasteiger partial charge in [0.15, 0.2) is 0 Å². The molecule has 2 aliphatic rings. The molecule has 1 amide bonds. The second-order valence-corrected chi connectivity index (χ2v) is 9.70. The summed E-state index contributed by atoms with van der Waals surface area (Å²) in [4.78, 5) is 26.8. The number of likely N-dealkylation sites (tertiary alicyclic amines) is 1. The van der Waals surface area contributed by atoms with Gasteiger partial charge >= 0.3 is 5.97 Å². The molecule has 1 aromatic carbocycles. The number of ether oxygens (including phenoxy) is 1. The van der Waals surface area contributed by atoms with Gasteiger partial charge in [-0.25, -0.2) is 8.42 Å². The van der Waals surface area contributed by atoms with E-state index in [1.807, 2.05) is 11.8 Å². The molecule has 2 saturated heterocycles. The summed E-state index contributed by atoms with van der Waals surface area (Å²) in [6.45, 7) is 5.90. The number of hydrogen-bond acceptors (Lipinski definition) is 5. The van der Waals surface area contributed by atoms with E-state index in [1.54, 1.807) is 19.1 Å². The number of esters is 1. The monoisotopic (exact) mass is 422 g/mol. The van der Waals surface area contributed by atoms with Crippen molar-refractivity contribution in [2.75, 3.05) is 32.8 Å². The van der Waals surface area contributed by atoms with Gasteiger partial charge in [0.05, 0.1) is 17.4 Å². The number of sulfonamides is 1. The number of benzene rings is 1. The molecule has 0 saturated carbocycles. The minimum absolute atomic E-state index is 0.0970. The molecule has 0 atom stereocenters. The molecule has 2 aliphatic heterocycles. The van der Waals surface area contributed by atoms with Crippen LogP contribution in [0.25, 0.3) is 0 Å². The van der Waals surface area contributed by atoms with Crippen molar-refractivity contribution in [3.63, 3.8) is 0 Å². The van der Waals surface area contributed by atoms with E-state index in [-0.39, 0.29) is 35.8 Å². The van der Waals surface area contributed by atoms with Crippen LogP contribution in [0.2, 0.25) is 0 Å². The highest BCUT2D eigenvalue weighted by atomic mass is 32.2. The van der Waals surface area contributed by atoms with Gasteiger partial charge in [-0.1, -0.05) is 6.07 Å². The third-order valence-electron chi connectivity index (χ3n) is 5.79. The Bertz CT molecular complexity index is 854. The summed E-state index contributed by atoms with van der Waals surface area (Å²) in [7, 11) is -3.72. The van der Waals surface area contributed by atoms with Gasteiger partial charge in [0.1, 0.15) is 0 Å². The highest BCUT2D eigenvalue weighted by Crippen LogP contribution is 2.26. The van der Waals surface area contributed by atoms with Gasteiger partial charge in [0.2, 0.25) is 10.0 Å². The number of carbonyl (C=O) groups excluding carboxylic acids is 2. The van der Waals surface area contributed by atoms with Crippen LogP contribution in [0.4, 0.5) is 0 Å². The zero-order valence-electron chi connectivity index (χ0n) is 17.2. The van der Waals surface area contributed by atoms with Crippen molar-refractivity contribution in [3.05, 3.63) is 29.3 Å². The first-order chi connectivity index (χ1) is 13.8. The predicted molar refractivity (Wildman–Crippen MR) is 109 cm³/mol. The van der Waals surface area contributed by atoms with Crippen molar-refractivity contribution in [2.45, 2.75) is 50.8 Å². The normalized spacial score (nSPS) is 19.2. The van der Waals surface area contributed by atoms with Crippen molar-refractivity contribution < 1.29 is 22.7 Å². The summed E-state index contributed by atoms with van der Waals surface area (Å²) in [5, 5.41) is 0. The molecule has 160 valence electrons. The fraction of sp³-hybridized carbons (Fsp3) is 0.619. The summed E-state index contributed by atoms with van der Waals surface area (Å²) in [6, 6.07) is 4.78. The van der Waals surface area contributed by atoms with Crippen molar-refractivity contribution in [1.29, 1.82) is 0 Å². The van der Waals surface area contributed by atoms with E-state index >= 15 is 0 Å². The van der Waals surface area contributed by atoms with E-state index in [0.29, 0.717) is 25.0 Å². The first-order valence-corrected chi connectivity index (χ1v) is 11.8. The Morgan fingerprint density at radius 1 is 1.07 bits per heavy atom. The number of amides is 1. The van der Waals surface area contributed by atoms with Crippen LogP contribution in [0.5, 0.6) is 0 Å². The molecular weight excluding hydrogens is 392 g/mol. The Morgan fingerprint density at radius 2 is 1.72 bits per heavy atom. The predicted octanol–water partition coefficient (Wildman–Crippen LogP) is 2.58. The van der Waals surface area contributed by atoms with Crippen molar-refractivity contribution >= 4 is 21.9 Å². The van der Waals surface area contributed by atoms with Crippen molar-refractivity contribution in [1.82, 2.24) is 9.21 Å². The van der Waals surface area contributed by atoms with E-state index < -0.39 is 10.0 Å². The quantitative estimate of drug-likeness (QED) is 0.681. The lowest BCUT2D eigenvalue weighted by Crippen LogP contribution is -2.40. The third-order valence-corrected chi connectivity index (χ3v) is 7.69. The molecule has 0 aliphatic carbocycles. The standard InChI is InChI=1S/C21H30N2O5S/c1-3-28-21(25)17-9-13-23(14-10-17)29(26,27)18-8-7-16(2)19(15-18)20(24)22-11-5-4-6-12-22/h7-8,15,17H,3-6,9-14H2,1-2H3. The lowest BCUT2D eigenvalue weighted by molar-refractivity contribution is -0.149. The van der Waals surface area contributed by atoms with E-state index in [0.717, 1.165) is 37.9 Å². The van der Waals surface area contributed by atoms with Gasteiger partial charge in [-0.3, -0.25) is 9.59 Å². The fourth-order valence-electron chi connectivity index (χ4n) is 4.00. The third kappa shape index (κ3) is 4.80. The van der Waals surface area contributed by atoms with Crippen LogP contribution in [0, 0.1) is 12.8 Å². The average molecular weight is 423 g/mol. The van der Waals surface area contributed by atoms with Crippen LogP contribution < -0.4 is 0 Å². The summed E-state index contributed by atoms with van der Waals surface area (Å²) in [5.41, 5.74) is 1.23. The summed E-state index contributed by atoms with van der Waals surface area (Å²) in [6.07, 6.45) is 3.99. The zero-order valence-corrected chi connectivity index (χ0v) is 18.0. The van der Waals surface area contributed by atoms with Gasteiger partial charge in [-0.15, -0.1) is 0 Å². The molecule has 0 N–H and O–H groups in total. The van der Waals surface area contributed by atoms with Crippen LogP contribution in [-0.2, 0) is 19.6 Å². The largest absolute Gasteiger partial charge is 0.466 e. The minimum Gasteiger partial charge on any atom is -0.466 e. The average Bonchev–Trinajstić information content (AvgIpc) is 2.74. The first kappa shape index (κ1) is 21.8. The summed E-state index contributed by atoms with van der Waals surface area (Å²) < 4.78 is 32.7. The molecule has 0 aromatic heterocycles. The maximum absolute atomic E-state index is 13.1. The summed E-state index contributed by atoms with van der Waals surface area (Å²) >= 11 is 0. The second-order valence-electron chi connectivity index (χ2n) is 7.76. The lowest BCUT2D eigenvalue weighted by Gasteiger charge is -2.30. The van der Waals surface area contributed by atoms with E-state index in [4.69, 9.17) is 4.74 Å². The van der Waals surface area contributed by atoms with Crippen LogP contribution in [0.1, 0.15) is 54.9 Å². The zero-order chi connectivity index (χ0) is 21.0. The SMILES string of the molecule is CCOC(=O)C1CCN(S(=O)(=O)c2ccc(C)c(C(=O)N3CCCCC3)c2)CC1. The first-order valence-electron chi connectivity index (χ1n) is 10.4. The smallest absolute Gasteiger partial charge is 0.309 e. The Labute approximate surface area is 173 Å². The molecular formula is C21H30N2O5S. The second kappa shape index (κ2) is 9.26. The molecule has 2 fully saturated rings. The van der Waals surface area contributed by atoms with Crippen LogP contribution >= 0.6 is 0 Å². The number of aryl methyl sites for hydroxylation is 1. The Kier molecular flexibility index (Phi) is 6.95. The molecule has 29 heavy (non-hydrogen) atoms. The molecule has 2 heterocycles. The van der Waals surface area contributed by atoms with Gasteiger partial charge in [0, 0.05) is 31.7 Å². The molecule has 0 bridgehead atoms. The van der Waals surface area contributed by atoms with Crippen LogP contribution in [-0.4, -0.2) is 62.3 Å². The molecule has 7 nitrogen and oxygen atoms in total. The Hall–Kier alpha value is -1.93. The van der Waals surface area contributed by atoms with Gasteiger partial charge in [0.25, 0.3) is 5.91 Å². The highest BCUT2D eigenvalue weighted by Gasteiger charge is 2.33. The number of hydrogen-bond donors (Lipinski definition) is 0. The molecule has 0 radical (unpaired) electrons. The highest BCUT2D eigenvalue weighted by molar-refractivity contribution is 7.89. The number of piperidine rings is 2. The van der Waals surface area contributed by atoms with Gasteiger partial charge in [-0.2, -0.15) is 4.31 Å². The number of nitrogens with zero attached hydrogens (tertiary/aromatic N) is 2. The van der Waals surface area contributed by atoms with Gasteiger partial charge in [-0.05, 0) is 63.6 Å². The van der Waals surface area contributed by atoms with E-state index in [2.05, 4.69) is 0 Å². The molecule has 1 aromatic rings. The van der Waals surface area contributed by atoms with Crippen molar-refractivity contribution in [2.24, 2.45) is 5.92 Å². The Balaban J connectivity index is 1.76. The lowest BCUT2D eigenvalue weighted by atomic mass is 9.98. The summed E-state index contributed by atoms with van der Waals surface area (Å²) in [5.74, 6) is -0.606. The maximum Gasteiger partial charge on any atom is 0.309 e. The molecule has 0 spiro atoms. The number of carbonyl (C=O) groups is 2. The minimum atomic E-state index is -3.72. The van der Waals surface area contributed by atoms with Gasteiger partial charge < -0.3 is 9.64 Å². The number of rotatable bonds is 5. The van der Waals surface area contributed by atoms with E-state index in [1.165, 1.54) is 10.4 Å². The maximum atomic E-state index is 13.1. The topological polar surface area (TPSA) is 84.0 Å². The van der Waals surface area contributed by atoms with Crippen LogP contribution in [0.3, 0.4) is 0 Å². The van der Waals surface area contributed by atoms with Crippen molar-refractivity contribution in [3.8, 4) is 0 Å². The fourth-order valence-corrected chi connectivity index (χ4v) is 5.50. The van der Waals surface area contributed by atoms with Crippen LogP contribution in [0.15, 0.2) is 23.1 Å².